The number of aromatic amines is 1. The summed E-state index contributed by atoms with van der Waals surface area (Å²) in [6.07, 6.45) is -2.41. The molecule has 3 unspecified atom stereocenters. The molecule has 6 atom stereocenters. The van der Waals surface area contributed by atoms with Crippen LogP contribution in [0, 0.1) is 6.92 Å². The van der Waals surface area contributed by atoms with Crippen LogP contribution in [-0.2, 0) is 36.4 Å². The van der Waals surface area contributed by atoms with Gasteiger partial charge < -0.3 is 29.4 Å². The third-order valence-electron chi connectivity index (χ3n) is 4.22. The highest BCUT2D eigenvalue weighted by atomic mass is 31.3. The minimum Gasteiger partial charge on any atom is -0.756 e. The van der Waals surface area contributed by atoms with Gasteiger partial charge in [0.25, 0.3) is 13.4 Å². The Balaban J connectivity index is 2.25. The first-order chi connectivity index (χ1) is 14.4. The summed E-state index contributed by atoms with van der Waals surface area (Å²) in [6, 6.07) is 0. The second kappa shape index (κ2) is 9.14. The molecule has 32 heavy (non-hydrogen) atoms. The SMILES string of the molecule is CC(=O)[C@]1(COP(=O)(O)OP(=O)(O)OP(=O)([O-])O)O[C@@H](n2cc(C)c(=O)[nH]c2=O)C[C@@H]1O. The highest BCUT2D eigenvalue weighted by molar-refractivity contribution is 7.66. The van der Waals surface area contributed by atoms with Crippen LogP contribution in [0.15, 0.2) is 15.8 Å². The van der Waals surface area contributed by atoms with Crippen LogP contribution in [0.3, 0.4) is 0 Å². The first kappa shape index (κ1) is 26.9. The fourth-order valence-corrected chi connectivity index (χ4v) is 5.76. The van der Waals surface area contributed by atoms with E-state index in [1.807, 2.05) is 4.98 Å². The predicted octanol–water partition coefficient (Wildman–Crippen LogP) is -1.84. The number of nitrogens with one attached hydrogen (secondary N) is 1. The maximum absolute atomic E-state index is 12.2. The molecule has 182 valence electrons. The number of Topliss-reactive ketones (excluding diaryl/α,β-unsaturated/α-hetero) is 1. The summed E-state index contributed by atoms with van der Waals surface area (Å²) < 4.78 is 51.4. The van der Waals surface area contributed by atoms with Crippen molar-refractivity contribution in [1.29, 1.82) is 0 Å². The number of hydrogen-bond donors (Lipinski definition) is 5. The van der Waals surface area contributed by atoms with Gasteiger partial charge in [-0.2, -0.15) is 4.31 Å². The second-order valence-electron chi connectivity index (χ2n) is 6.59. The second-order valence-corrected chi connectivity index (χ2v) is 11.0. The maximum atomic E-state index is 12.2. The standard InChI is InChI=1S/C12H19N2O15P3/c1-6-4-14(11(18)13-10(6)17)9-3-8(16)12(27-9,7(2)15)5-26-31(22,23)29-32(24,25)28-30(19,20)21/h4,8-9,16H,3,5H2,1-2H3,(H,22,23)(H,24,25)(H,13,17,18)(H2,19,20,21)/p-1/t8-,9+,12-/m0/s1. The molecule has 1 aromatic rings. The summed E-state index contributed by atoms with van der Waals surface area (Å²) in [6.45, 7) is 1.00. The summed E-state index contributed by atoms with van der Waals surface area (Å²) >= 11 is 0. The molecule has 17 nitrogen and oxygen atoms in total. The lowest BCUT2D eigenvalue weighted by molar-refractivity contribution is -0.212. The lowest BCUT2D eigenvalue weighted by Crippen LogP contribution is -2.50. The molecule has 1 saturated heterocycles. The number of carbonyl (C=O) groups excluding carboxylic acids is 1. The number of nitrogens with zero attached hydrogens (tertiary/aromatic N) is 1. The molecule has 2 rings (SSSR count). The van der Waals surface area contributed by atoms with Crippen molar-refractivity contribution < 1.29 is 61.1 Å². The van der Waals surface area contributed by atoms with Crippen LogP contribution in [0.2, 0.25) is 0 Å². The number of hydrogen-bond acceptors (Lipinski definition) is 12. The number of ketones is 1. The lowest BCUT2D eigenvalue weighted by atomic mass is 9.93. The van der Waals surface area contributed by atoms with E-state index in [0.29, 0.717) is 0 Å². The Hall–Kier alpha value is -1.32. The zero-order valence-corrected chi connectivity index (χ0v) is 18.9. The van der Waals surface area contributed by atoms with Gasteiger partial charge in [0.15, 0.2) is 11.4 Å². The number of carbonyl (C=O) groups is 1. The Labute approximate surface area is 178 Å². The molecule has 0 saturated carbocycles. The normalized spacial score (nSPS) is 29.1. The first-order valence-corrected chi connectivity index (χ1v) is 12.8. The van der Waals surface area contributed by atoms with Gasteiger partial charge in [0.1, 0.15) is 6.23 Å². The number of ether oxygens (including phenoxy) is 1. The zero-order chi connectivity index (χ0) is 24.7. The number of rotatable bonds is 9. The smallest absolute Gasteiger partial charge is 0.487 e. The van der Waals surface area contributed by atoms with Crippen molar-refractivity contribution in [3.05, 3.63) is 32.6 Å². The minimum atomic E-state index is -5.87. The molecule has 0 aromatic carbocycles. The van der Waals surface area contributed by atoms with Crippen molar-refractivity contribution in [3.8, 4) is 0 Å². The summed E-state index contributed by atoms with van der Waals surface area (Å²) in [5.41, 5.74) is -3.92. The summed E-state index contributed by atoms with van der Waals surface area (Å²) in [7, 11) is -17.4. The third kappa shape index (κ3) is 6.38. The quantitative estimate of drug-likeness (QED) is 0.223. The van der Waals surface area contributed by atoms with E-state index < -0.39 is 71.5 Å². The van der Waals surface area contributed by atoms with E-state index in [9.17, 15) is 43.0 Å². The van der Waals surface area contributed by atoms with Crippen LogP contribution >= 0.6 is 23.5 Å². The monoisotopic (exact) mass is 523 g/mol. The van der Waals surface area contributed by atoms with Crippen LogP contribution in [0.5, 0.6) is 0 Å². The van der Waals surface area contributed by atoms with Crippen molar-refractivity contribution in [1.82, 2.24) is 9.55 Å². The Kier molecular flexibility index (Phi) is 7.69. The summed E-state index contributed by atoms with van der Waals surface area (Å²) in [5.74, 6) is -0.954. The number of H-pyrrole nitrogens is 1. The Morgan fingerprint density at radius 2 is 1.88 bits per heavy atom. The van der Waals surface area contributed by atoms with Crippen molar-refractivity contribution in [2.24, 2.45) is 0 Å². The van der Waals surface area contributed by atoms with Gasteiger partial charge in [0.05, 0.1) is 12.7 Å². The predicted molar refractivity (Wildman–Crippen MR) is 97.8 cm³/mol. The van der Waals surface area contributed by atoms with E-state index in [-0.39, 0.29) is 5.56 Å². The fourth-order valence-electron chi connectivity index (χ4n) is 2.75. The van der Waals surface area contributed by atoms with Crippen molar-refractivity contribution in [3.63, 3.8) is 0 Å². The highest BCUT2D eigenvalue weighted by Crippen LogP contribution is 2.65. The average Bonchev–Trinajstić information content (AvgIpc) is 2.91. The van der Waals surface area contributed by atoms with Gasteiger partial charge >= 0.3 is 21.3 Å². The minimum absolute atomic E-state index is 0.0887. The van der Waals surface area contributed by atoms with Gasteiger partial charge in [0.2, 0.25) is 0 Å². The van der Waals surface area contributed by atoms with Gasteiger partial charge in [-0.3, -0.25) is 28.2 Å². The van der Waals surface area contributed by atoms with Crippen LogP contribution < -0.4 is 16.1 Å². The van der Waals surface area contributed by atoms with Crippen LogP contribution in [0.1, 0.15) is 25.1 Å². The Morgan fingerprint density at radius 3 is 2.41 bits per heavy atom. The molecule has 0 radical (unpaired) electrons. The van der Waals surface area contributed by atoms with E-state index in [1.165, 1.54) is 6.92 Å². The molecule has 20 heteroatoms. The van der Waals surface area contributed by atoms with E-state index in [2.05, 4.69) is 13.1 Å². The molecule has 1 fully saturated rings. The zero-order valence-electron chi connectivity index (χ0n) is 16.2. The molecule has 5 N–H and O–H groups in total. The topological polar surface area (TPSA) is 264 Å². The van der Waals surface area contributed by atoms with Gasteiger partial charge in [-0.25, -0.2) is 18.2 Å². The molecular weight excluding hydrogens is 505 g/mol. The third-order valence-corrected chi connectivity index (χ3v) is 7.97. The molecule has 2 heterocycles. The number of phosphoric ester groups is 1. The first-order valence-electron chi connectivity index (χ1n) is 8.33. The summed E-state index contributed by atoms with van der Waals surface area (Å²) in [5, 5.41) is 10.4. The van der Waals surface area contributed by atoms with Crippen molar-refractivity contribution in [2.75, 3.05) is 6.61 Å². The van der Waals surface area contributed by atoms with Gasteiger partial charge in [-0.1, -0.05) is 0 Å². The number of aromatic nitrogens is 2. The fraction of sp³-hybridized carbons (Fsp3) is 0.583. The molecule has 0 spiro atoms. The Morgan fingerprint density at radius 1 is 1.28 bits per heavy atom. The van der Waals surface area contributed by atoms with Gasteiger partial charge in [0, 0.05) is 18.2 Å². The maximum Gasteiger partial charge on any atom is 0.487 e. The molecule has 0 amide bonds. The van der Waals surface area contributed by atoms with E-state index in [4.69, 9.17) is 14.5 Å². The van der Waals surface area contributed by atoms with Crippen LogP contribution in [0.25, 0.3) is 0 Å². The van der Waals surface area contributed by atoms with Gasteiger partial charge in [-0.15, -0.1) is 0 Å². The molecule has 1 aliphatic rings. The largest absolute Gasteiger partial charge is 0.756 e. The lowest BCUT2D eigenvalue weighted by Gasteiger charge is -2.30. The highest BCUT2D eigenvalue weighted by Gasteiger charge is 2.54. The van der Waals surface area contributed by atoms with Crippen molar-refractivity contribution in [2.45, 2.75) is 38.2 Å². The summed E-state index contributed by atoms with van der Waals surface area (Å²) in [4.78, 5) is 75.3. The number of aliphatic hydroxyl groups excluding tert-OH is 1. The molecule has 1 aromatic heterocycles. The van der Waals surface area contributed by atoms with E-state index >= 15 is 0 Å². The molecule has 1 aliphatic heterocycles. The number of aryl methyl sites for hydroxylation is 1. The van der Waals surface area contributed by atoms with Crippen LogP contribution in [0.4, 0.5) is 0 Å². The number of phosphoric acid groups is 3. The average molecular weight is 523 g/mol. The van der Waals surface area contributed by atoms with E-state index in [0.717, 1.165) is 17.7 Å². The number of aliphatic hydroxyl groups is 1. The van der Waals surface area contributed by atoms with Crippen molar-refractivity contribution >= 4 is 29.3 Å². The molecule has 0 bridgehead atoms. The molecule has 0 aliphatic carbocycles. The van der Waals surface area contributed by atoms with E-state index in [1.54, 1.807) is 0 Å². The molecular formula is C12H18N2O15P3-. The Bertz CT molecular complexity index is 1150. The van der Waals surface area contributed by atoms with Gasteiger partial charge in [-0.05, 0) is 13.8 Å². The van der Waals surface area contributed by atoms with Crippen LogP contribution in [-0.4, -0.2) is 53.4 Å².